The molecule has 1 aliphatic carbocycles. The third-order valence-corrected chi connectivity index (χ3v) is 4.15. The van der Waals surface area contributed by atoms with Crippen LogP contribution in [0, 0.1) is 0 Å². The zero-order valence-corrected chi connectivity index (χ0v) is 14.6. The van der Waals surface area contributed by atoms with Gasteiger partial charge in [0, 0.05) is 22.2 Å². The van der Waals surface area contributed by atoms with Crippen molar-refractivity contribution in [3.8, 4) is 5.75 Å². The van der Waals surface area contributed by atoms with Crippen molar-refractivity contribution in [1.82, 2.24) is 5.32 Å². The van der Waals surface area contributed by atoms with E-state index in [2.05, 4.69) is 21.2 Å². The van der Waals surface area contributed by atoms with Crippen LogP contribution in [0.1, 0.15) is 31.2 Å². The molecule has 124 valence electrons. The Bertz CT molecular complexity index is 594. The van der Waals surface area contributed by atoms with E-state index in [1.807, 2.05) is 12.1 Å². The van der Waals surface area contributed by atoms with Crippen LogP contribution in [-0.4, -0.2) is 31.6 Å². The first-order chi connectivity index (χ1) is 11.1. The highest BCUT2D eigenvalue weighted by molar-refractivity contribution is 9.10. The second-order valence-electron chi connectivity index (χ2n) is 5.38. The van der Waals surface area contributed by atoms with E-state index in [0.29, 0.717) is 5.75 Å². The van der Waals surface area contributed by atoms with E-state index in [0.717, 1.165) is 35.7 Å². The van der Waals surface area contributed by atoms with Crippen LogP contribution in [-0.2, 0) is 14.3 Å². The first kappa shape index (κ1) is 17.5. The maximum Gasteiger partial charge on any atom is 0.331 e. The van der Waals surface area contributed by atoms with E-state index in [9.17, 15) is 9.59 Å². The average Bonchev–Trinajstić information content (AvgIpc) is 3.04. The molecule has 0 spiro atoms. The molecule has 0 saturated heterocycles. The molecule has 1 aromatic carbocycles. The largest absolute Gasteiger partial charge is 0.496 e. The van der Waals surface area contributed by atoms with Crippen LogP contribution in [0.2, 0.25) is 0 Å². The Hall–Kier alpha value is -1.82. The van der Waals surface area contributed by atoms with E-state index in [1.165, 1.54) is 6.08 Å². The van der Waals surface area contributed by atoms with Gasteiger partial charge >= 0.3 is 5.97 Å². The van der Waals surface area contributed by atoms with Crippen molar-refractivity contribution >= 4 is 33.9 Å². The summed E-state index contributed by atoms with van der Waals surface area (Å²) in [7, 11) is 1.56. The molecule has 23 heavy (non-hydrogen) atoms. The van der Waals surface area contributed by atoms with Gasteiger partial charge in [-0.1, -0.05) is 28.8 Å². The van der Waals surface area contributed by atoms with Crippen molar-refractivity contribution in [2.45, 2.75) is 31.7 Å². The summed E-state index contributed by atoms with van der Waals surface area (Å²) < 4.78 is 11.0. The Balaban J connectivity index is 1.82. The first-order valence-corrected chi connectivity index (χ1v) is 8.35. The quantitative estimate of drug-likeness (QED) is 0.607. The van der Waals surface area contributed by atoms with Gasteiger partial charge in [-0.3, -0.25) is 4.79 Å². The summed E-state index contributed by atoms with van der Waals surface area (Å²) in [5.41, 5.74) is 0.745. The molecule has 1 saturated carbocycles. The summed E-state index contributed by atoms with van der Waals surface area (Å²) >= 11 is 3.37. The second-order valence-corrected chi connectivity index (χ2v) is 6.29. The van der Waals surface area contributed by atoms with Gasteiger partial charge in [0.15, 0.2) is 6.61 Å². The SMILES string of the molecule is COc1ccc(Br)cc1/C=C/C(=O)OCC(=O)NC1CCCC1. The van der Waals surface area contributed by atoms with Crippen LogP contribution in [0.5, 0.6) is 5.75 Å². The minimum Gasteiger partial charge on any atom is -0.496 e. The van der Waals surface area contributed by atoms with Gasteiger partial charge in [0.1, 0.15) is 5.75 Å². The summed E-state index contributed by atoms with van der Waals surface area (Å²) in [6, 6.07) is 5.70. The molecule has 6 heteroatoms. The molecular formula is C17H20BrNO4. The summed E-state index contributed by atoms with van der Waals surface area (Å²) in [6.07, 6.45) is 7.17. The highest BCUT2D eigenvalue weighted by atomic mass is 79.9. The topological polar surface area (TPSA) is 64.6 Å². The van der Waals surface area contributed by atoms with Crippen molar-refractivity contribution in [2.75, 3.05) is 13.7 Å². The van der Waals surface area contributed by atoms with Gasteiger partial charge in [-0.25, -0.2) is 4.79 Å². The fraction of sp³-hybridized carbons (Fsp3) is 0.412. The van der Waals surface area contributed by atoms with E-state index < -0.39 is 5.97 Å². The number of methoxy groups -OCH3 is 1. The number of carbonyl (C=O) groups is 2. The zero-order chi connectivity index (χ0) is 16.7. The van der Waals surface area contributed by atoms with Gasteiger partial charge in [0.25, 0.3) is 5.91 Å². The summed E-state index contributed by atoms with van der Waals surface area (Å²) in [5.74, 6) is -0.163. The molecule has 0 heterocycles. The molecule has 1 N–H and O–H groups in total. The Morgan fingerprint density at radius 3 is 2.78 bits per heavy atom. The Morgan fingerprint density at radius 2 is 2.09 bits per heavy atom. The van der Waals surface area contributed by atoms with Crippen LogP contribution in [0.15, 0.2) is 28.7 Å². The van der Waals surface area contributed by atoms with Gasteiger partial charge in [-0.15, -0.1) is 0 Å². The number of hydrogen-bond acceptors (Lipinski definition) is 4. The molecule has 1 amide bonds. The Kier molecular flexibility index (Phi) is 6.65. The molecule has 1 fully saturated rings. The zero-order valence-electron chi connectivity index (χ0n) is 13.0. The van der Waals surface area contributed by atoms with Gasteiger partial charge in [-0.05, 0) is 37.1 Å². The van der Waals surface area contributed by atoms with E-state index in [-0.39, 0.29) is 18.6 Å². The molecule has 0 radical (unpaired) electrons. The van der Waals surface area contributed by atoms with Gasteiger partial charge in [0.05, 0.1) is 7.11 Å². The summed E-state index contributed by atoms with van der Waals surface area (Å²) in [6.45, 7) is -0.255. The number of rotatable bonds is 6. The fourth-order valence-corrected chi connectivity index (χ4v) is 2.90. The molecule has 1 aliphatic rings. The van der Waals surface area contributed by atoms with Gasteiger partial charge < -0.3 is 14.8 Å². The van der Waals surface area contributed by atoms with Crippen molar-refractivity contribution in [1.29, 1.82) is 0 Å². The average molecular weight is 382 g/mol. The molecule has 0 aliphatic heterocycles. The highest BCUT2D eigenvalue weighted by Crippen LogP contribution is 2.24. The second kappa shape index (κ2) is 8.72. The van der Waals surface area contributed by atoms with Crippen molar-refractivity contribution in [3.05, 3.63) is 34.3 Å². The molecule has 0 unspecified atom stereocenters. The van der Waals surface area contributed by atoms with E-state index >= 15 is 0 Å². The van der Waals surface area contributed by atoms with Gasteiger partial charge in [0.2, 0.25) is 0 Å². The smallest absolute Gasteiger partial charge is 0.331 e. The normalized spacial score (nSPS) is 14.9. The minimum absolute atomic E-state index is 0.225. The molecule has 5 nitrogen and oxygen atoms in total. The van der Waals surface area contributed by atoms with E-state index in [1.54, 1.807) is 19.3 Å². The number of amides is 1. The number of hydrogen-bond donors (Lipinski definition) is 1. The summed E-state index contributed by atoms with van der Waals surface area (Å²) in [5, 5.41) is 2.87. The monoisotopic (exact) mass is 381 g/mol. The lowest BCUT2D eigenvalue weighted by Gasteiger charge is -2.11. The van der Waals surface area contributed by atoms with Crippen molar-refractivity contribution < 1.29 is 19.1 Å². The summed E-state index contributed by atoms with van der Waals surface area (Å²) in [4.78, 5) is 23.4. The number of carbonyl (C=O) groups excluding carboxylic acids is 2. The first-order valence-electron chi connectivity index (χ1n) is 7.56. The predicted molar refractivity (Wildman–Crippen MR) is 91.1 cm³/mol. The van der Waals surface area contributed by atoms with Gasteiger partial charge in [-0.2, -0.15) is 0 Å². The lowest BCUT2D eigenvalue weighted by molar-refractivity contribution is -0.144. The predicted octanol–water partition coefficient (Wildman–Crippen LogP) is 3.07. The van der Waals surface area contributed by atoms with Crippen LogP contribution in [0.25, 0.3) is 6.08 Å². The van der Waals surface area contributed by atoms with E-state index in [4.69, 9.17) is 9.47 Å². The standard InChI is InChI=1S/C17H20BrNO4/c1-22-15-8-7-13(18)10-12(15)6-9-17(21)23-11-16(20)19-14-4-2-3-5-14/h6-10,14H,2-5,11H2,1H3,(H,19,20)/b9-6+. The number of esters is 1. The third-order valence-electron chi connectivity index (χ3n) is 3.66. The maximum atomic E-state index is 11.7. The molecule has 0 bridgehead atoms. The van der Waals surface area contributed by atoms with Crippen LogP contribution in [0.3, 0.4) is 0 Å². The lowest BCUT2D eigenvalue weighted by atomic mass is 10.2. The molecule has 0 atom stereocenters. The molecule has 1 aromatic rings. The molecule has 0 aromatic heterocycles. The maximum absolute atomic E-state index is 11.7. The van der Waals surface area contributed by atoms with Crippen LogP contribution in [0.4, 0.5) is 0 Å². The number of halogens is 1. The van der Waals surface area contributed by atoms with Crippen molar-refractivity contribution in [3.63, 3.8) is 0 Å². The lowest BCUT2D eigenvalue weighted by Crippen LogP contribution is -2.35. The Labute approximate surface area is 144 Å². The highest BCUT2D eigenvalue weighted by Gasteiger charge is 2.17. The number of benzene rings is 1. The van der Waals surface area contributed by atoms with Crippen LogP contribution >= 0.6 is 15.9 Å². The third kappa shape index (κ3) is 5.71. The number of nitrogens with one attached hydrogen (secondary N) is 1. The molecule has 2 rings (SSSR count). The number of ether oxygens (including phenoxy) is 2. The molecular weight excluding hydrogens is 362 g/mol. The Morgan fingerprint density at radius 1 is 1.35 bits per heavy atom. The van der Waals surface area contributed by atoms with Crippen molar-refractivity contribution in [2.24, 2.45) is 0 Å². The van der Waals surface area contributed by atoms with Crippen LogP contribution < -0.4 is 10.1 Å². The fourth-order valence-electron chi connectivity index (χ4n) is 2.52. The minimum atomic E-state index is -0.561.